The second-order valence-corrected chi connectivity index (χ2v) is 3.93. The highest BCUT2D eigenvalue weighted by Crippen LogP contribution is 2.13. The minimum atomic E-state index is -0.191. The monoisotopic (exact) mass is 234 g/mol. The van der Waals surface area contributed by atoms with Crippen LogP contribution in [0.5, 0.6) is 0 Å². The molecule has 92 valence electrons. The lowest BCUT2D eigenvalue weighted by Crippen LogP contribution is -2.29. The second kappa shape index (κ2) is 5.82. The molecule has 0 amide bonds. The first-order chi connectivity index (χ1) is 8.33. The fourth-order valence-corrected chi connectivity index (χ4v) is 1.80. The van der Waals surface area contributed by atoms with Crippen LogP contribution < -0.4 is 5.32 Å². The molecule has 0 radical (unpaired) electrons. The highest BCUT2D eigenvalue weighted by Gasteiger charge is 2.03. The third-order valence-corrected chi connectivity index (χ3v) is 2.79. The molecule has 1 aromatic carbocycles. The van der Waals surface area contributed by atoms with Crippen molar-refractivity contribution in [2.45, 2.75) is 12.8 Å². The van der Waals surface area contributed by atoms with Gasteiger partial charge in [-0.15, -0.1) is 0 Å². The number of hydrogen-bond acceptors (Lipinski definition) is 3. The standard InChI is InChI=1S/C13H18N2O2/c1-16-13(17-2)9-14-8-10-3-4-11-5-6-15-12(11)7-10/h3-7,13-15H,8-9H2,1-2H3. The van der Waals surface area contributed by atoms with E-state index in [0.717, 1.165) is 6.54 Å². The zero-order valence-electron chi connectivity index (χ0n) is 10.2. The summed E-state index contributed by atoms with van der Waals surface area (Å²) in [5.41, 5.74) is 2.41. The number of benzene rings is 1. The van der Waals surface area contributed by atoms with Crippen LogP contribution >= 0.6 is 0 Å². The van der Waals surface area contributed by atoms with Crippen molar-refractivity contribution in [3.8, 4) is 0 Å². The molecular weight excluding hydrogens is 216 g/mol. The number of aromatic amines is 1. The van der Waals surface area contributed by atoms with Crippen LogP contribution in [0.25, 0.3) is 10.9 Å². The zero-order chi connectivity index (χ0) is 12.1. The molecule has 0 saturated heterocycles. The number of nitrogens with one attached hydrogen (secondary N) is 2. The lowest BCUT2D eigenvalue weighted by atomic mass is 10.1. The van der Waals surface area contributed by atoms with Crippen LogP contribution in [0.3, 0.4) is 0 Å². The number of methoxy groups -OCH3 is 2. The van der Waals surface area contributed by atoms with Crippen LogP contribution in [0.4, 0.5) is 0 Å². The molecule has 0 bridgehead atoms. The molecule has 0 saturated carbocycles. The summed E-state index contributed by atoms with van der Waals surface area (Å²) in [4.78, 5) is 3.20. The third-order valence-electron chi connectivity index (χ3n) is 2.79. The molecule has 0 unspecified atom stereocenters. The van der Waals surface area contributed by atoms with Crippen molar-refractivity contribution in [3.63, 3.8) is 0 Å². The topological polar surface area (TPSA) is 46.3 Å². The molecule has 0 fully saturated rings. The summed E-state index contributed by atoms with van der Waals surface area (Å²) in [5, 5.41) is 4.53. The summed E-state index contributed by atoms with van der Waals surface area (Å²) in [6.07, 6.45) is 1.76. The molecule has 1 aromatic heterocycles. The van der Waals surface area contributed by atoms with Gasteiger partial charge < -0.3 is 19.8 Å². The Bertz CT molecular complexity index is 463. The normalized spacial score (nSPS) is 11.5. The maximum Gasteiger partial charge on any atom is 0.169 e. The van der Waals surface area contributed by atoms with Gasteiger partial charge in [0.25, 0.3) is 0 Å². The van der Waals surface area contributed by atoms with Crippen LogP contribution in [0.15, 0.2) is 30.5 Å². The van der Waals surface area contributed by atoms with Gasteiger partial charge >= 0.3 is 0 Å². The molecule has 0 aliphatic carbocycles. The van der Waals surface area contributed by atoms with Crippen LogP contribution in [0.2, 0.25) is 0 Å². The second-order valence-electron chi connectivity index (χ2n) is 3.93. The van der Waals surface area contributed by atoms with Crippen molar-refractivity contribution < 1.29 is 9.47 Å². The number of hydrogen-bond donors (Lipinski definition) is 2. The highest BCUT2D eigenvalue weighted by atomic mass is 16.7. The van der Waals surface area contributed by atoms with Gasteiger partial charge in [-0.3, -0.25) is 0 Å². The van der Waals surface area contributed by atoms with Gasteiger partial charge in [-0.05, 0) is 23.1 Å². The van der Waals surface area contributed by atoms with Crippen molar-refractivity contribution in [2.24, 2.45) is 0 Å². The Balaban J connectivity index is 1.90. The third kappa shape index (κ3) is 3.06. The molecule has 0 aliphatic rings. The first-order valence-corrected chi connectivity index (χ1v) is 5.66. The molecule has 0 spiro atoms. The van der Waals surface area contributed by atoms with Gasteiger partial charge in [-0.1, -0.05) is 12.1 Å². The van der Waals surface area contributed by atoms with Crippen LogP contribution in [-0.4, -0.2) is 32.0 Å². The first kappa shape index (κ1) is 12.1. The predicted molar refractivity (Wildman–Crippen MR) is 67.8 cm³/mol. The van der Waals surface area contributed by atoms with Crippen LogP contribution in [0, 0.1) is 0 Å². The van der Waals surface area contributed by atoms with Gasteiger partial charge in [0.15, 0.2) is 6.29 Å². The van der Waals surface area contributed by atoms with Crippen LogP contribution in [0.1, 0.15) is 5.56 Å². The molecule has 4 nitrogen and oxygen atoms in total. The number of ether oxygens (including phenoxy) is 2. The summed E-state index contributed by atoms with van der Waals surface area (Å²) in [7, 11) is 3.28. The summed E-state index contributed by atoms with van der Waals surface area (Å²) < 4.78 is 10.2. The summed E-state index contributed by atoms with van der Waals surface area (Å²) in [6.45, 7) is 1.48. The highest BCUT2D eigenvalue weighted by molar-refractivity contribution is 5.79. The van der Waals surface area contributed by atoms with Gasteiger partial charge in [0, 0.05) is 39.0 Å². The Morgan fingerprint density at radius 2 is 2.06 bits per heavy atom. The number of aromatic nitrogens is 1. The average Bonchev–Trinajstić information content (AvgIpc) is 2.82. The number of rotatable bonds is 6. The molecule has 4 heteroatoms. The predicted octanol–water partition coefficient (Wildman–Crippen LogP) is 1.88. The smallest absolute Gasteiger partial charge is 0.169 e. The first-order valence-electron chi connectivity index (χ1n) is 5.66. The molecule has 2 N–H and O–H groups in total. The largest absolute Gasteiger partial charge is 0.361 e. The quantitative estimate of drug-likeness (QED) is 0.750. The molecule has 0 atom stereocenters. The molecule has 0 aliphatic heterocycles. The molecule has 1 heterocycles. The minimum absolute atomic E-state index is 0.191. The van der Waals surface area contributed by atoms with E-state index in [1.807, 2.05) is 6.20 Å². The maximum atomic E-state index is 5.10. The molecular formula is C13H18N2O2. The average molecular weight is 234 g/mol. The van der Waals surface area contributed by atoms with E-state index in [0.29, 0.717) is 6.54 Å². The van der Waals surface area contributed by atoms with Crippen molar-refractivity contribution in [1.29, 1.82) is 0 Å². The Hall–Kier alpha value is -1.36. The minimum Gasteiger partial charge on any atom is -0.361 e. The van der Waals surface area contributed by atoms with E-state index in [2.05, 4.69) is 34.6 Å². The Kier molecular flexibility index (Phi) is 4.14. The fraction of sp³-hybridized carbons (Fsp3) is 0.385. The van der Waals surface area contributed by atoms with E-state index in [1.54, 1.807) is 14.2 Å². The summed E-state index contributed by atoms with van der Waals surface area (Å²) in [6, 6.07) is 8.46. The van der Waals surface area contributed by atoms with Gasteiger partial charge in [0.1, 0.15) is 0 Å². The summed E-state index contributed by atoms with van der Waals surface area (Å²) >= 11 is 0. The van der Waals surface area contributed by atoms with E-state index >= 15 is 0 Å². The van der Waals surface area contributed by atoms with E-state index < -0.39 is 0 Å². The Morgan fingerprint density at radius 1 is 1.24 bits per heavy atom. The number of fused-ring (bicyclic) bond motifs is 1. The SMILES string of the molecule is COC(CNCc1ccc2cc[nH]c2c1)OC. The van der Waals surface area contributed by atoms with E-state index in [1.165, 1.54) is 16.5 Å². The van der Waals surface area contributed by atoms with Crippen molar-refractivity contribution >= 4 is 10.9 Å². The summed E-state index contributed by atoms with van der Waals surface area (Å²) in [5.74, 6) is 0. The molecule has 17 heavy (non-hydrogen) atoms. The van der Waals surface area contributed by atoms with E-state index in [4.69, 9.17) is 9.47 Å². The van der Waals surface area contributed by atoms with Gasteiger partial charge in [-0.2, -0.15) is 0 Å². The molecule has 2 rings (SSSR count). The van der Waals surface area contributed by atoms with Crippen molar-refractivity contribution in [1.82, 2.24) is 10.3 Å². The maximum absolute atomic E-state index is 5.10. The van der Waals surface area contributed by atoms with E-state index in [9.17, 15) is 0 Å². The zero-order valence-corrected chi connectivity index (χ0v) is 10.2. The fourth-order valence-electron chi connectivity index (χ4n) is 1.80. The number of H-pyrrole nitrogens is 1. The van der Waals surface area contributed by atoms with E-state index in [-0.39, 0.29) is 6.29 Å². The Labute approximate surface area is 101 Å². The van der Waals surface area contributed by atoms with Crippen molar-refractivity contribution in [3.05, 3.63) is 36.0 Å². The molecule has 2 aromatic rings. The lowest BCUT2D eigenvalue weighted by Gasteiger charge is -2.14. The Morgan fingerprint density at radius 3 is 2.82 bits per heavy atom. The van der Waals surface area contributed by atoms with Gasteiger partial charge in [0.05, 0.1) is 0 Å². The van der Waals surface area contributed by atoms with Crippen LogP contribution in [-0.2, 0) is 16.0 Å². The van der Waals surface area contributed by atoms with Gasteiger partial charge in [0.2, 0.25) is 0 Å². The van der Waals surface area contributed by atoms with Gasteiger partial charge in [-0.25, -0.2) is 0 Å². The lowest BCUT2D eigenvalue weighted by molar-refractivity contribution is -0.0989. The van der Waals surface area contributed by atoms with Crippen molar-refractivity contribution in [2.75, 3.05) is 20.8 Å².